The molecule has 2 nitrogen and oxygen atoms in total. The first-order chi connectivity index (χ1) is 1.00. The molecule has 0 aromatic carbocycles. The summed E-state index contributed by atoms with van der Waals surface area (Å²) in [4.78, 5) is 0. The van der Waals surface area contributed by atoms with Crippen molar-refractivity contribution in [1.82, 2.24) is 6.15 Å². The van der Waals surface area contributed by atoms with Crippen LogP contribution in [-0.2, 0) is 3.74 Å². The minimum Gasteiger partial charge on any atom is 0.316 e. The molecule has 24 valence electrons. The summed E-state index contributed by atoms with van der Waals surface area (Å²) in [7, 11) is 0. The van der Waals surface area contributed by atoms with E-state index in [-0.39, 0.29) is 29.2 Å². The minimum absolute atomic E-state index is 0. The fourth-order valence-corrected chi connectivity index (χ4v) is 0. The maximum Gasteiger partial charge on any atom is 0.316 e. The van der Waals surface area contributed by atoms with Gasteiger partial charge in [-0.1, -0.05) is 0 Å². The first kappa shape index (κ1) is 19.5. The molecule has 0 aromatic heterocycles. The summed E-state index contributed by atoms with van der Waals surface area (Å²) < 4.78 is 8.25. The number of hydrogen-bond donors (Lipinski definition) is 1. The fraction of sp³-hybridized carbons (Fsp3) is 0. The summed E-state index contributed by atoms with van der Waals surface area (Å²) >= 11 is 0.750. The smallest absolute Gasteiger partial charge is 0.316 e. The van der Waals surface area contributed by atoms with Gasteiger partial charge < -0.3 is 6.15 Å². The van der Waals surface area contributed by atoms with Crippen LogP contribution in [0.2, 0.25) is 0 Å². The second-order valence-corrected chi connectivity index (χ2v) is 0. The van der Waals surface area contributed by atoms with Crippen LogP contribution in [0.15, 0.2) is 0 Å². The predicted octanol–water partition coefficient (Wildman–Crippen LogP) is -1.52. The van der Waals surface area contributed by atoms with E-state index in [0.717, 1.165) is 16.8 Å². The molecule has 0 radical (unpaired) electrons. The van der Waals surface area contributed by atoms with E-state index in [2.05, 4.69) is 0 Å². The van der Waals surface area contributed by atoms with E-state index >= 15 is 0 Å². The third-order valence-corrected chi connectivity index (χ3v) is 0. The molecule has 0 amide bonds. The average Bonchev–Trinajstić information content (AvgIpc) is 1.00. The Morgan fingerprint density at radius 3 is 1.25 bits per heavy atom. The molecule has 0 saturated heterocycles. The van der Waals surface area contributed by atoms with Crippen molar-refractivity contribution in [3.63, 3.8) is 0 Å². The summed E-state index contributed by atoms with van der Waals surface area (Å²) in [6.07, 6.45) is 0. The zero-order valence-electron chi connectivity index (χ0n) is 1.62. The van der Waals surface area contributed by atoms with Crippen molar-refractivity contribution in [2.24, 2.45) is 0 Å². The van der Waals surface area contributed by atoms with Gasteiger partial charge in [0.15, 0.2) is 0 Å². The quantitative estimate of drug-likeness (QED) is 0.410. The van der Waals surface area contributed by atoms with Gasteiger partial charge in [0.25, 0.3) is 0 Å². The molecular weight excluding hydrogens is 129 g/mol. The third kappa shape index (κ3) is 11.4. The van der Waals surface area contributed by atoms with Crippen molar-refractivity contribution in [2.45, 2.75) is 0 Å². The molecule has 0 bridgehead atoms. The molecule has 0 saturated carbocycles. The summed E-state index contributed by atoms with van der Waals surface area (Å²) in [6, 6.07) is 0. The minimum atomic E-state index is 0. The van der Waals surface area contributed by atoms with Crippen molar-refractivity contribution < 1.29 is 3.74 Å². The molecule has 3 N–H and O–H groups in total. The molecule has 4 heteroatoms. The zero-order chi connectivity index (χ0) is 2.00. The van der Waals surface area contributed by atoms with E-state index in [1.807, 2.05) is 0 Å². The Hall–Kier alpha value is 1.08. The van der Waals surface area contributed by atoms with Gasteiger partial charge in [-0.25, -0.2) is 0 Å². The van der Waals surface area contributed by atoms with Crippen LogP contribution in [0, 0.1) is 0 Å². The normalized spacial score (nSPS) is 1.00. The molecule has 0 unspecified atom stereocenters. The van der Waals surface area contributed by atoms with E-state index in [1.165, 1.54) is 0 Å². The molecular formula is H6AsMgNO. The zero-order valence-corrected chi connectivity index (χ0v) is 3.71. The van der Waals surface area contributed by atoms with Crippen molar-refractivity contribution in [2.75, 3.05) is 0 Å². The first-order valence-electron chi connectivity index (χ1n) is 0.204. The molecule has 4 heavy (non-hydrogen) atoms. The van der Waals surface area contributed by atoms with Gasteiger partial charge in [-0.2, -0.15) is 0 Å². The Morgan fingerprint density at radius 2 is 1.25 bits per heavy atom. The topological polar surface area (TPSA) is 52.1 Å². The maximum atomic E-state index is 8.25. The summed E-state index contributed by atoms with van der Waals surface area (Å²) in [5, 5.41) is 0. The van der Waals surface area contributed by atoms with Gasteiger partial charge >= 0.3 is 43.6 Å². The van der Waals surface area contributed by atoms with Gasteiger partial charge in [0, 0.05) is 0 Å². The van der Waals surface area contributed by atoms with Crippen LogP contribution in [0.1, 0.15) is 0 Å². The molecule has 0 fully saturated rings. The summed E-state index contributed by atoms with van der Waals surface area (Å²) in [5.41, 5.74) is 0. The molecule has 0 aromatic rings. The van der Waals surface area contributed by atoms with Gasteiger partial charge in [-0.15, -0.1) is 0 Å². The fourth-order valence-electron chi connectivity index (χ4n) is 0. The average molecular weight is 135 g/mol. The Balaban J connectivity index is -0.00000000500. The van der Waals surface area contributed by atoms with E-state index in [1.54, 1.807) is 0 Å². The first-order valence-corrected chi connectivity index (χ1v) is 1.06. The van der Waals surface area contributed by atoms with Crippen molar-refractivity contribution >= 4 is 39.8 Å². The molecule has 0 aliphatic rings. The van der Waals surface area contributed by atoms with Gasteiger partial charge in [0.1, 0.15) is 0 Å². The second-order valence-electron chi connectivity index (χ2n) is 0. The van der Waals surface area contributed by atoms with E-state index in [4.69, 9.17) is 3.74 Å². The molecule has 0 heterocycles. The Bertz CT molecular complexity index is 8.00. The van der Waals surface area contributed by atoms with Crippen LogP contribution in [-0.4, -0.2) is 39.8 Å². The Labute approximate surface area is 49.8 Å². The van der Waals surface area contributed by atoms with Crippen LogP contribution in [0.25, 0.3) is 0 Å². The Morgan fingerprint density at radius 1 is 1.25 bits per heavy atom. The summed E-state index contributed by atoms with van der Waals surface area (Å²) in [5.74, 6) is 0. The SMILES string of the molecule is N.O=[AsH].[MgH2]. The standard InChI is InChI=1S/AsHO.Mg.H3N.2H/c1-2;;;;/h1H;;1H3;;. The molecule has 0 aliphatic heterocycles. The maximum absolute atomic E-state index is 8.25. The van der Waals surface area contributed by atoms with Gasteiger partial charge in [-0.05, 0) is 0 Å². The van der Waals surface area contributed by atoms with Crippen LogP contribution < -0.4 is 6.15 Å². The van der Waals surface area contributed by atoms with Crippen LogP contribution in [0.4, 0.5) is 0 Å². The van der Waals surface area contributed by atoms with Crippen LogP contribution >= 0.6 is 0 Å². The van der Waals surface area contributed by atoms with Crippen molar-refractivity contribution in [3.8, 4) is 0 Å². The van der Waals surface area contributed by atoms with E-state index in [0.29, 0.717) is 0 Å². The van der Waals surface area contributed by atoms with Crippen LogP contribution in [0.3, 0.4) is 0 Å². The second kappa shape index (κ2) is 33.0. The molecule has 0 atom stereocenters. The largest absolute Gasteiger partial charge is 0.316 e. The third-order valence-electron chi connectivity index (χ3n) is 0. The predicted molar refractivity (Wildman–Crippen MR) is 21.4 cm³/mol. The molecule has 0 aliphatic carbocycles. The van der Waals surface area contributed by atoms with Gasteiger partial charge in [0.05, 0.1) is 0 Å². The monoisotopic (exact) mass is 135 g/mol. The van der Waals surface area contributed by atoms with E-state index < -0.39 is 0 Å². The van der Waals surface area contributed by atoms with Crippen molar-refractivity contribution in [3.05, 3.63) is 0 Å². The van der Waals surface area contributed by atoms with Crippen molar-refractivity contribution in [1.29, 1.82) is 0 Å². The Kier molecular flexibility index (Phi) is 161. The van der Waals surface area contributed by atoms with Gasteiger partial charge in [-0.3, -0.25) is 0 Å². The summed E-state index contributed by atoms with van der Waals surface area (Å²) in [6.45, 7) is 0. The van der Waals surface area contributed by atoms with Crippen LogP contribution in [0.5, 0.6) is 0 Å². The van der Waals surface area contributed by atoms with E-state index in [9.17, 15) is 0 Å². The molecule has 0 rings (SSSR count). The van der Waals surface area contributed by atoms with Gasteiger partial charge in [0.2, 0.25) is 0 Å². The number of hydrogen-bond acceptors (Lipinski definition) is 2. The molecule has 0 spiro atoms. The number of rotatable bonds is 0.